The Morgan fingerprint density at radius 3 is 2.53 bits per heavy atom. The number of ether oxygens (including phenoxy) is 4. The predicted molar refractivity (Wildman–Crippen MR) is 109 cm³/mol. The van der Waals surface area contributed by atoms with Gasteiger partial charge in [-0.2, -0.15) is 0 Å². The van der Waals surface area contributed by atoms with Gasteiger partial charge in [-0.1, -0.05) is 11.6 Å². The second-order valence-electron chi connectivity index (χ2n) is 7.82. The molecule has 0 aliphatic carbocycles. The average molecular weight is 438 g/mol. The molecule has 3 rings (SSSR count). The van der Waals surface area contributed by atoms with Gasteiger partial charge in [0.2, 0.25) is 0 Å². The molecule has 162 valence electrons. The number of benzene rings is 1. The molecule has 2 heterocycles. The fourth-order valence-electron chi connectivity index (χ4n) is 3.12. The van der Waals surface area contributed by atoms with Crippen molar-refractivity contribution in [2.45, 2.75) is 44.9 Å². The standard InChI is InChI=1S/C20H24ClN3O6/c1-20(2,3)30-19(26)24-10-12(9-15(24)18(25)28-5)29-17-16(21)22-13-7-6-11(27-4)8-14(13)23-17/h6-8,12,15H,9-10H2,1-5H3/t12-,15+/m1/s1. The van der Waals surface area contributed by atoms with Crippen molar-refractivity contribution in [1.29, 1.82) is 0 Å². The van der Waals surface area contributed by atoms with Gasteiger partial charge in [0.05, 0.1) is 31.8 Å². The maximum atomic E-state index is 12.6. The molecule has 2 aromatic rings. The molecule has 1 saturated heterocycles. The Balaban J connectivity index is 1.83. The first kappa shape index (κ1) is 21.9. The summed E-state index contributed by atoms with van der Waals surface area (Å²) in [5.41, 5.74) is 0.422. The minimum atomic E-state index is -0.831. The molecule has 1 aromatic heterocycles. The molecule has 0 bridgehead atoms. The highest BCUT2D eigenvalue weighted by Gasteiger charge is 2.43. The SMILES string of the molecule is COC(=O)[C@@H]1C[C@@H](Oc2nc3cc(OC)ccc3nc2Cl)CN1C(=O)OC(C)(C)C. The second-order valence-corrected chi connectivity index (χ2v) is 8.18. The largest absolute Gasteiger partial charge is 0.497 e. The molecule has 30 heavy (non-hydrogen) atoms. The normalized spacial score (nSPS) is 18.9. The Hall–Kier alpha value is -2.81. The van der Waals surface area contributed by atoms with Crippen LogP contribution >= 0.6 is 11.6 Å². The number of nitrogens with zero attached hydrogens (tertiary/aromatic N) is 3. The van der Waals surface area contributed by atoms with Gasteiger partial charge in [-0.05, 0) is 32.9 Å². The van der Waals surface area contributed by atoms with Gasteiger partial charge in [0.25, 0.3) is 5.88 Å². The summed E-state index contributed by atoms with van der Waals surface area (Å²) >= 11 is 6.24. The summed E-state index contributed by atoms with van der Waals surface area (Å²) in [5, 5.41) is 0.0815. The van der Waals surface area contributed by atoms with Crippen LogP contribution in [0.5, 0.6) is 11.6 Å². The number of methoxy groups -OCH3 is 2. The number of esters is 1. The Morgan fingerprint density at radius 2 is 1.90 bits per heavy atom. The third-order valence-electron chi connectivity index (χ3n) is 4.44. The first-order chi connectivity index (χ1) is 14.1. The lowest BCUT2D eigenvalue weighted by Crippen LogP contribution is -2.44. The van der Waals surface area contributed by atoms with E-state index in [-0.39, 0.29) is 24.0 Å². The summed E-state index contributed by atoms with van der Waals surface area (Å²) < 4.78 is 21.4. The molecule has 0 radical (unpaired) electrons. The van der Waals surface area contributed by atoms with Crippen molar-refractivity contribution in [3.8, 4) is 11.6 Å². The molecule has 9 nitrogen and oxygen atoms in total. The third-order valence-corrected chi connectivity index (χ3v) is 4.69. The van der Waals surface area contributed by atoms with Crippen LogP contribution in [0.4, 0.5) is 4.79 Å². The van der Waals surface area contributed by atoms with Crippen molar-refractivity contribution in [2.24, 2.45) is 0 Å². The molecule has 1 aliphatic heterocycles. The van der Waals surface area contributed by atoms with Crippen LogP contribution < -0.4 is 9.47 Å². The molecule has 1 aliphatic rings. The van der Waals surface area contributed by atoms with Gasteiger partial charge in [-0.15, -0.1) is 0 Å². The zero-order valence-corrected chi connectivity index (χ0v) is 18.2. The fraction of sp³-hybridized carbons (Fsp3) is 0.500. The minimum absolute atomic E-state index is 0.0815. The van der Waals surface area contributed by atoms with Crippen LogP contribution in [0.1, 0.15) is 27.2 Å². The van der Waals surface area contributed by atoms with Crippen LogP contribution in [-0.4, -0.2) is 65.4 Å². The summed E-state index contributed by atoms with van der Waals surface area (Å²) in [6.45, 7) is 5.37. The number of hydrogen-bond acceptors (Lipinski definition) is 8. The number of hydrogen-bond donors (Lipinski definition) is 0. The maximum Gasteiger partial charge on any atom is 0.411 e. The fourth-order valence-corrected chi connectivity index (χ4v) is 3.30. The third kappa shape index (κ3) is 4.84. The monoisotopic (exact) mass is 437 g/mol. The van der Waals surface area contributed by atoms with E-state index >= 15 is 0 Å². The molecule has 0 N–H and O–H groups in total. The average Bonchev–Trinajstić information content (AvgIpc) is 3.10. The smallest absolute Gasteiger partial charge is 0.411 e. The van der Waals surface area contributed by atoms with Gasteiger partial charge in [-0.25, -0.2) is 19.6 Å². The van der Waals surface area contributed by atoms with E-state index in [1.54, 1.807) is 46.1 Å². The van der Waals surface area contributed by atoms with E-state index < -0.39 is 29.8 Å². The lowest BCUT2D eigenvalue weighted by atomic mass is 10.2. The molecule has 1 fully saturated rings. The van der Waals surface area contributed by atoms with Crippen LogP contribution in [0.2, 0.25) is 5.15 Å². The number of fused-ring (bicyclic) bond motifs is 1. The van der Waals surface area contributed by atoms with Crippen molar-refractivity contribution in [3.05, 3.63) is 23.4 Å². The molecule has 1 amide bonds. The van der Waals surface area contributed by atoms with E-state index in [0.29, 0.717) is 16.8 Å². The zero-order chi connectivity index (χ0) is 22.1. The van der Waals surface area contributed by atoms with Gasteiger partial charge >= 0.3 is 12.1 Å². The molecule has 0 spiro atoms. The van der Waals surface area contributed by atoms with Crippen molar-refractivity contribution in [3.63, 3.8) is 0 Å². The molecule has 0 saturated carbocycles. The van der Waals surface area contributed by atoms with Crippen LogP contribution in [-0.2, 0) is 14.3 Å². The maximum absolute atomic E-state index is 12.6. The number of carbonyl (C=O) groups is 2. The summed E-state index contributed by atoms with van der Waals surface area (Å²) in [6.07, 6.45) is -0.957. The molecular formula is C20H24ClN3O6. The van der Waals surface area contributed by atoms with Gasteiger partial charge in [-0.3, -0.25) is 4.90 Å². The number of amides is 1. The summed E-state index contributed by atoms with van der Waals surface area (Å²) in [7, 11) is 2.82. The van der Waals surface area contributed by atoms with E-state index in [4.69, 9.17) is 30.5 Å². The van der Waals surface area contributed by atoms with E-state index in [1.807, 2.05) is 0 Å². The lowest BCUT2D eigenvalue weighted by Gasteiger charge is -2.27. The van der Waals surface area contributed by atoms with E-state index in [0.717, 1.165) is 0 Å². The summed E-state index contributed by atoms with van der Waals surface area (Å²) in [6, 6.07) is 4.38. The topological polar surface area (TPSA) is 100 Å². The van der Waals surface area contributed by atoms with E-state index in [2.05, 4.69) is 9.97 Å². The van der Waals surface area contributed by atoms with E-state index in [1.165, 1.54) is 12.0 Å². The van der Waals surface area contributed by atoms with Crippen molar-refractivity contribution in [1.82, 2.24) is 14.9 Å². The Bertz CT molecular complexity index is 961. The van der Waals surface area contributed by atoms with Gasteiger partial charge < -0.3 is 18.9 Å². The van der Waals surface area contributed by atoms with E-state index in [9.17, 15) is 9.59 Å². The van der Waals surface area contributed by atoms with Gasteiger partial charge in [0.1, 0.15) is 23.5 Å². The number of carbonyl (C=O) groups excluding carboxylic acids is 2. The second kappa shape index (κ2) is 8.51. The summed E-state index contributed by atoms with van der Waals surface area (Å²) in [5.74, 6) is 0.178. The number of rotatable bonds is 4. The van der Waals surface area contributed by atoms with Crippen LogP contribution in [0.15, 0.2) is 18.2 Å². The molecule has 10 heteroatoms. The summed E-state index contributed by atoms with van der Waals surface area (Å²) in [4.78, 5) is 34.8. The Morgan fingerprint density at radius 1 is 1.17 bits per heavy atom. The zero-order valence-electron chi connectivity index (χ0n) is 17.5. The quantitative estimate of drug-likeness (QED) is 0.672. The Labute approximate surface area is 179 Å². The van der Waals surface area contributed by atoms with Crippen LogP contribution in [0.3, 0.4) is 0 Å². The Kier molecular flexibility index (Phi) is 6.21. The van der Waals surface area contributed by atoms with Crippen molar-refractivity contribution >= 4 is 34.7 Å². The minimum Gasteiger partial charge on any atom is -0.497 e. The molecule has 2 atom stereocenters. The van der Waals surface area contributed by atoms with Crippen LogP contribution in [0.25, 0.3) is 11.0 Å². The number of aromatic nitrogens is 2. The first-order valence-corrected chi connectivity index (χ1v) is 9.74. The molecular weight excluding hydrogens is 414 g/mol. The highest BCUT2D eigenvalue weighted by Crippen LogP contribution is 2.30. The van der Waals surface area contributed by atoms with Crippen molar-refractivity contribution < 1.29 is 28.5 Å². The molecule has 0 unspecified atom stereocenters. The lowest BCUT2D eigenvalue weighted by molar-refractivity contribution is -0.145. The molecule has 1 aromatic carbocycles. The van der Waals surface area contributed by atoms with Crippen molar-refractivity contribution in [2.75, 3.05) is 20.8 Å². The first-order valence-electron chi connectivity index (χ1n) is 9.36. The predicted octanol–water partition coefficient (Wildman–Crippen LogP) is 3.22. The van der Waals surface area contributed by atoms with Crippen LogP contribution in [0, 0.1) is 0 Å². The van der Waals surface area contributed by atoms with Gasteiger partial charge in [0.15, 0.2) is 5.15 Å². The number of halogens is 1. The van der Waals surface area contributed by atoms with Gasteiger partial charge in [0, 0.05) is 12.5 Å². The number of likely N-dealkylation sites (tertiary alicyclic amines) is 1. The highest BCUT2D eigenvalue weighted by atomic mass is 35.5. The highest BCUT2D eigenvalue weighted by molar-refractivity contribution is 6.31.